The van der Waals surface area contributed by atoms with Gasteiger partial charge in [-0.05, 0) is 43.5 Å². The van der Waals surface area contributed by atoms with Crippen LogP contribution in [0.25, 0.3) is 0 Å². The Labute approximate surface area is 135 Å². The van der Waals surface area contributed by atoms with Gasteiger partial charge in [-0.3, -0.25) is 9.69 Å². The molecule has 5 nitrogen and oxygen atoms in total. The van der Waals surface area contributed by atoms with Gasteiger partial charge in [-0.25, -0.2) is 4.39 Å². The third kappa shape index (κ3) is 4.20. The van der Waals surface area contributed by atoms with Gasteiger partial charge in [0.05, 0.1) is 6.54 Å². The molecule has 1 N–H and O–H groups in total. The summed E-state index contributed by atoms with van der Waals surface area (Å²) in [4.78, 5) is 16.0. The molecule has 2 heterocycles. The minimum Gasteiger partial charge on any atom is -0.491 e. The van der Waals surface area contributed by atoms with Gasteiger partial charge >= 0.3 is 0 Å². The molecule has 1 aromatic rings. The number of carbonyl (C=O) groups is 1. The van der Waals surface area contributed by atoms with Crippen molar-refractivity contribution >= 4 is 5.91 Å². The first-order valence-electron chi connectivity index (χ1n) is 8.15. The Hall–Kier alpha value is -1.66. The van der Waals surface area contributed by atoms with Crippen LogP contribution >= 0.6 is 0 Å². The molecule has 1 atom stereocenters. The van der Waals surface area contributed by atoms with Gasteiger partial charge < -0.3 is 14.7 Å². The number of halogens is 1. The van der Waals surface area contributed by atoms with Crippen molar-refractivity contribution in [1.82, 2.24) is 9.80 Å². The van der Waals surface area contributed by atoms with Crippen LogP contribution in [0.15, 0.2) is 24.3 Å². The molecule has 2 saturated heterocycles. The summed E-state index contributed by atoms with van der Waals surface area (Å²) >= 11 is 0. The van der Waals surface area contributed by atoms with E-state index in [0.29, 0.717) is 31.8 Å². The Balaban J connectivity index is 1.47. The van der Waals surface area contributed by atoms with Crippen LogP contribution in [0, 0.1) is 5.82 Å². The van der Waals surface area contributed by atoms with Gasteiger partial charge in [0.15, 0.2) is 0 Å². The highest BCUT2D eigenvalue weighted by Gasteiger charge is 2.38. The lowest BCUT2D eigenvalue weighted by molar-refractivity contribution is -0.131. The van der Waals surface area contributed by atoms with E-state index in [1.807, 2.05) is 9.80 Å². The third-order valence-corrected chi connectivity index (χ3v) is 4.55. The van der Waals surface area contributed by atoms with E-state index in [-0.39, 0.29) is 18.3 Å². The van der Waals surface area contributed by atoms with Crippen LogP contribution in [0.2, 0.25) is 0 Å². The maximum absolute atomic E-state index is 12.9. The van der Waals surface area contributed by atoms with Crippen molar-refractivity contribution < 1.29 is 19.0 Å². The molecule has 1 amide bonds. The Morgan fingerprint density at radius 2 is 1.91 bits per heavy atom. The first-order chi connectivity index (χ1) is 11.0. The van der Waals surface area contributed by atoms with Crippen molar-refractivity contribution in [3.05, 3.63) is 30.1 Å². The fraction of sp³-hybridized carbons (Fsp3) is 0.588. The molecule has 1 unspecified atom stereocenters. The van der Waals surface area contributed by atoms with E-state index >= 15 is 0 Å². The third-order valence-electron chi connectivity index (χ3n) is 4.55. The minimum absolute atomic E-state index is 0.145. The number of aliphatic hydroxyl groups is 1. The maximum Gasteiger partial charge on any atom is 0.236 e. The van der Waals surface area contributed by atoms with Crippen LogP contribution in [-0.4, -0.2) is 65.7 Å². The van der Waals surface area contributed by atoms with Gasteiger partial charge in [0.25, 0.3) is 0 Å². The van der Waals surface area contributed by atoms with Crippen molar-refractivity contribution in [2.75, 3.05) is 39.3 Å². The largest absolute Gasteiger partial charge is 0.491 e. The Morgan fingerprint density at radius 3 is 2.61 bits per heavy atom. The second kappa shape index (κ2) is 6.84. The highest BCUT2D eigenvalue weighted by molar-refractivity contribution is 5.78. The van der Waals surface area contributed by atoms with E-state index in [4.69, 9.17) is 4.74 Å². The molecule has 23 heavy (non-hydrogen) atoms. The highest BCUT2D eigenvalue weighted by atomic mass is 19.1. The Kier molecular flexibility index (Phi) is 4.82. The van der Waals surface area contributed by atoms with E-state index in [2.05, 4.69) is 0 Å². The van der Waals surface area contributed by atoms with Crippen LogP contribution in [0.4, 0.5) is 4.39 Å². The molecule has 0 saturated carbocycles. The smallest absolute Gasteiger partial charge is 0.236 e. The Morgan fingerprint density at radius 1 is 1.22 bits per heavy atom. The predicted molar refractivity (Wildman–Crippen MR) is 83.7 cm³/mol. The van der Waals surface area contributed by atoms with Crippen molar-refractivity contribution in [1.29, 1.82) is 0 Å². The maximum atomic E-state index is 12.9. The summed E-state index contributed by atoms with van der Waals surface area (Å²) in [5.41, 5.74) is -0.959. The number of carbonyl (C=O) groups excluding carboxylic acids is 1. The topological polar surface area (TPSA) is 53.0 Å². The molecule has 6 heteroatoms. The second-order valence-electron chi connectivity index (χ2n) is 6.52. The number of likely N-dealkylation sites (tertiary alicyclic amines) is 2. The van der Waals surface area contributed by atoms with Crippen LogP contribution < -0.4 is 4.74 Å². The standard InChI is InChI=1S/C17H23FN2O3/c18-14-3-5-15(6-4-14)23-13-17(22)7-10-19(12-17)11-16(21)20-8-1-2-9-20/h3-6,22H,1-2,7-13H2. The van der Waals surface area contributed by atoms with Gasteiger partial charge in [-0.2, -0.15) is 0 Å². The Bertz CT molecular complexity index is 545. The summed E-state index contributed by atoms with van der Waals surface area (Å²) in [5, 5.41) is 10.6. The molecule has 0 spiro atoms. The summed E-state index contributed by atoms with van der Waals surface area (Å²) < 4.78 is 18.4. The molecule has 0 radical (unpaired) electrons. The minimum atomic E-state index is -0.959. The van der Waals surface area contributed by atoms with Gasteiger partial charge in [0, 0.05) is 26.2 Å². The number of amides is 1. The van der Waals surface area contributed by atoms with Gasteiger partial charge in [-0.1, -0.05) is 0 Å². The number of ether oxygens (including phenoxy) is 1. The van der Waals surface area contributed by atoms with E-state index in [1.165, 1.54) is 12.1 Å². The fourth-order valence-corrected chi connectivity index (χ4v) is 3.20. The van der Waals surface area contributed by atoms with Crippen LogP contribution in [0.5, 0.6) is 5.75 Å². The average molecular weight is 322 g/mol. The first-order valence-corrected chi connectivity index (χ1v) is 8.15. The summed E-state index contributed by atoms with van der Waals surface area (Å²) in [6, 6.07) is 5.74. The van der Waals surface area contributed by atoms with Crippen LogP contribution in [-0.2, 0) is 4.79 Å². The van der Waals surface area contributed by atoms with E-state index in [1.54, 1.807) is 12.1 Å². The van der Waals surface area contributed by atoms with Crippen molar-refractivity contribution in [3.8, 4) is 5.75 Å². The summed E-state index contributed by atoms with van der Waals surface area (Å²) in [6.45, 7) is 3.32. The lowest BCUT2D eigenvalue weighted by Crippen LogP contribution is -2.42. The summed E-state index contributed by atoms with van der Waals surface area (Å²) in [5.74, 6) is 0.362. The van der Waals surface area contributed by atoms with Gasteiger partial charge in [-0.15, -0.1) is 0 Å². The highest BCUT2D eigenvalue weighted by Crippen LogP contribution is 2.23. The second-order valence-corrected chi connectivity index (χ2v) is 6.52. The van der Waals surface area contributed by atoms with Gasteiger partial charge in [0.1, 0.15) is 23.8 Å². The van der Waals surface area contributed by atoms with E-state index in [9.17, 15) is 14.3 Å². The molecule has 0 bridgehead atoms. The number of benzene rings is 1. The van der Waals surface area contributed by atoms with Crippen molar-refractivity contribution in [3.63, 3.8) is 0 Å². The monoisotopic (exact) mass is 322 g/mol. The zero-order valence-electron chi connectivity index (χ0n) is 13.2. The van der Waals surface area contributed by atoms with Crippen LogP contribution in [0.3, 0.4) is 0 Å². The SMILES string of the molecule is O=C(CN1CCC(O)(COc2ccc(F)cc2)C1)N1CCCC1. The molecule has 2 aliphatic heterocycles. The lowest BCUT2D eigenvalue weighted by Gasteiger charge is -2.24. The van der Waals surface area contributed by atoms with Crippen molar-refractivity contribution in [2.45, 2.75) is 24.9 Å². The number of rotatable bonds is 5. The first kappa shape index (κ1) is 16.2. The zero-order chi connectivity index (χ0) is 16.3. The molecular formula is C17H23FN2O3. The quantitative estimate of drug-likeness (QED) is 0.887. The molecule has 0 aromatic heterocycles. The normalized spacial score (nSPS) is 25.0. The molecule has 0 aliphatic carbocycles. The fourth-order valence-electron chi connectivity index (χ4n) is 3.20. The number of hydrogen-bond acceptors (Lipinski definition) is 4. The average Bonchev–Trinajstić information content (AvgIpc) is 3.17. The summed E-state index contributed by atoms with van der Waals surface area (Å²) in [7, 11) is 0. The molecule has 126 valence electrons. The lowest BCUT2D eigenvalue weighted by atomic mass is 10.1. The molecule has 2 fully saturated rings. The van der Waals surface area contributed by atoms with E-state index in [0.717, 1.165) is 25.9 Å². The number of β-amino-alcohol motifs (C(OH)–C–C–N with tert-alkyl or cyclic N) is 1. The number of hydrogen-bond donors (Lipinski definition) is 1. The van der Waals surface area contributed by atoms with Crippen molar-refractivity contribution in [2.24, 2.45) is 0 Å². The zero-order valence-corrected chi connectivity index (χ0v) is 13.2. The summed E-state index contributed by atoms with van der Waals surface area (Å²) in [6.07, 6.45) is 2.74. The molecule has 2 aliphatic rings. The molecule has 3 rings (SSSR count). The predicted octanol–water partition coefficient (Wildman–Crippen LogP) is 1.26. The van der Waals surface area contributed by atoms with E-state index < -0.39 is 5.60 Å². The van der Waals surface area contributed by atoms with Crippen LogP contribution in [0.1, 0.15) is 19.3 Å². The van der Waals surface area contributed by atoms with Gasteiger partial charge in [0.2, 0.25) is 5.91 Å². The molecule has 1 aromatic carbocycles. The molecular weight excluding hydrogens is 299 g/mol. The number of nitrogens with zero attached hydrogens (tertiary/aromatic N) is 2.